The molecule has 0 bridgehead atoms. The molecule has 35 heavy (non-hydrogen) atoms. The number of carbonyl (C=O) groups is 1. The molecule has 4 rings (SSSR count). The molecule has 1 fully saturated rings. The molecule has 1 N–H and O–H groups in total. The molecule has 0 unspecified atom stereocenters. The van der Waals surface area contributed by atoms with Crippen molar-refractivity contribution in [3.63, 3.8) is 0 Å². The first-order chi connectivity index (χ1) is 16.8. The number of hydrogen-bond acceptors (Lipinski definition) is 6. The zero-order valence-electron chi connectivity index (χ0n) is 19.3. The lowest BCUT2D eigenvalue weighted by Gasteiger charge is -2.33. The Labute approximate surface area is 204 Å². The number of carbonyl (C=O) groups excluding carboxylic acids is 1. The summed E-state index contributed by atoms with van der Waals surface area (Å²) in [5, 5.41) is 14.1. The van der Waals surface area contributed by atoms with E-state index in [1.54, 1.807) is 6.92 Å². The Morgan fingerprint density at radius 3 is 2.31 bits per heavy atom. The van der Waals surface area contributed by atoms with E-state index in [9.17, 15) is 23.3 Å². The summed E-state index contributed by atoms with van der Waals surface area (Å²) in [5.74, 6) is -0.181. The van der Waals surface area contributed by atoms with Crippen LogP contribution in [0.15, 0.2) is 77.7 Å². The van der Waals surface area contributed by atoms with Crippen LogP contribution in [-0.2, 0) is 14.8 Å². The summed E-state index contributed by atoms with van der Waals surface area (Å²) in [7, 11) is -3.88. The Morgan fingerprint density at radius 2 is 1.63 bits per heavy atom. The molecule has 1 heterocycles. The van der Waals surface area contributed by atoms with Gasteiger partial charge in [-0.15, -0.1) is 0 Å². The minimum Gasteiger partial charge on any atom is -0.324 e. The number of aryl methyl sites for hydroxylation is 1. The first-order valence-corrected chi connectivity index (χ1v) is 12.6. The summed E-state index contributed by atoms with van der Waals surface area (Å²) in [4.78, 5) is 25.1. The van der Waals surface area contributed by atoms with Gasteiger partial charge < -0.3 is 5.32 Å². The average molecular weight is 495 g/mol. The van der Waals surface area contributed by atoms with E-state index >= 15 is 0 Å². The smallest absolute Gasteiger partial charge is 0.270 e. The largest absolute Gasteiger partial charge is 0.324 e. The molecule has 10 heteroatoms. The van der Waals surface area contributed by atoms with Gasteiger partial charge in [0.25, 0.3) is 5.69 Å². The van der Waals surface area contributed by atoms with E-state index in [1.165, 1.54) is 16.4 Å². The van der Waals surface area contributed by atoms with E-state index in [2.05, 4.69) is 5.32 Å². The van der Waals surface area contributed by atoms with Crippen LogP contribution in [0.25, 0.3) is 11.1 Å². The third-order valence-electron chi connectivity index (χ3n) is 5.98. The van der Waals surface area contributed by atoms with Crippen molar-refractivity contribution in [1.29, 1.82) is 0 Å². The van der Waals surface area contributed by atoms with Gasteiger partial charge >= 0.3 is 0 Å². The molecule has 0 saturated carbocycles. The van der Waals surface area contributed by atoms with Gasteiger partial charge in [0.15, 0.2) is 0 Å². The van der Waals surface area contributed by atoms with Crippen molar-refractivity contribution in [3.8, 4) is 11.1 Å². The second-order valence-electron chi connectivity index (χ2n) is 8.35. The van der Waals surface area contributed by atoms with E-state index in [0.29, 0.717) is 24.3 Å². The molecular formula is C25H26N4O5S. The lowest BCUT2D eigenvalue weighted by Crippen LogP contribution is -2.50. The number of nitro groups is 1. The van der Waals surface area contributed by atoms with Crippen LogP contribution in [0.2, 0.25) is 0 Å². The summed E-state index contributed by atoms with van der Waals surface area (Å²) < 4.78 is 27.6. The van der Waals surface area contributed by atoms with E-state index in [4.69, 9.17) is 0 Å². The molecule has 0 aliphatic carbocycles. The van der Waals surface area contributed by atoms with Crippen LogP contribution in [-0.4, -0.2) is 61.2 Å². The number of anilines is 1. The number of rotatable bonds is 7. The molecule has 0 spiro atoms. The van der Waals surface area contributed by atoms with Crippen LogP contribution < -0.4 is 5.32 Å². The number of para-hydroxylation sites is 1. The Hall–Kier alpha value is -3.60. The second kappa shape index (κ2) is 10.3. The van der Waals surface area contributed by atoms with Gasteiger partial charge in [0, 0.05) is 49.6 Å². The maximum atomic E-state index is 13.1. The van der Waals surface area contributed by atoms with Gasteiger partial charge in [-0.2, -0.15) is 4.31 Å². The normalized spacial score (nSPS) is 15.0. The highest BCUT2D eigenvalue weighted by molar-refractivity contribution is 7.89. The number of hydrogen-bond donors (Lipinski definition) is 1. The molecule has 1 saturated heterocycles. The van der Waals surface area contributed by atoms with Crippen molar-refractivity contribution in [3.05, 3.63) is 88.5 Å². The van der Waals surface area contributed by atoms with Crippen molar-refractivity contribution >= 4 is 27.3 Å². The number of benzene rings is 3. The van der Waals surface area contributed by atoms with Crippen LogP contribution in [0, 0.1) is 17.0 Å². The highest BCUT2D eigenvalue weighted by Gasteiger charge is 2.31. The first kappa shape index (κ1) is 24.5. The molecule has 9 nitrogen and oxygen atoms in total. The monoisotopic (exact) mass is 494 g/mol. The van der Waals surface area contributed by atoms with Gasteiger partial charge in [0.1, 0.15) is 0 Å². The summed E-state index contributed by atoms with van der Waals surface area (Å²) >= 11 is 0. The van der Waals surface area contributed by atoms with E-state index < -0.39 is 14.9 Å². The summed E-state index contributed by atoms with van der Waals surface area (Å²) in [6.07, 6.45) is 0. The van der Waals surface area contributed by atoms with Crippen molar-refractivity contribution in [1.82, 2.24) is 9.21 Å². The first-order valence-electron chi connectivity index (χ1n) is 11.2. The second-order valence-corrected chi connectivity index (χ2v) is 10.3. The van der Waals surface area contributed by atoms with Crippen LogP contribution in [0.5, 0.6) is 0 Å². The lowest BCUT2D eigenvalue weighted by molar-refractivity contribution is -0.385. The molecular weight excluding hydrogens is 468 g/mol. The Bertz CT molecular complexity index is 1340. The third-order valence-corrected chi connectivity index (χ3v) is 8.03. The summed E-state index contributed by atoms with van der Waals surface area (Å²) in [5.41, 5.74) is 2.82. The van der Waals surface area contributed by atoms with Gasteiger partial charge in [-0.05, 0) is 24.1 Å². The number of nitrogens with one attached hydrogen (secondary N) is 1. The van der Waals surface area contributed by atoms with Crippen LogP contribution in [0.3, 0.4) is 0 Å². The van der Waals surface area contributed by atoms with Crippen molar-refractivity contribution < 1.29 is 18.1 Å². The van der Waals surface area contributed by atoms with Crippen LogP contribution in [0.1, 0.15) is 5.56 Å². The van der Waals surface area contributed by atoms with E-state index in [-0.39, 0.29) is 36.1 Å². The van der Waals surface area contributed by atoms with Crippen LogP contribution in [0.4, 0.5) is 11.4 Å². The maximum Gasteiger partial charge on any atom is 0.270 e. The Balaban J connectivity index is 1.39. The molecule has 0 aromatic heterocycles. The minimum absolute atomic E-state index is 0.0598. The summed E-state index contributed by atoms with van der Waals surface area (Å²) in [6.45, 7) is 2.88. The van der Waals surface area contributed by atoms with E-state index in [1.807, 2.05) is 59.5 Å². The van der Waals surface area contributed by atoms with Crippen molar-refractivity contribution in [2.24, 2.45) is 0 Å². The molecule has 3 aromatic carbocycles. The predicted molar refractivity (Wildman–Crippen MR) is 134 cm³/mol. The fourth-order valence-corrected chi connectivity index (χ4v) is 5.77. The number of nitro benzene ring substituents is 1. The Kier molecular flexibility index (Phi) is 7.25. The lowest BCUT2D eigenvalue weighted by atomic mass is 10.0. The van der Waals surface area contributed by atoms with Gasteiger partial charge in [0.2, 0.25) is 15.9 Å². The zero-order valence-corrected chi connectivity index (χ0v) is 20.1. The highest BCUT2D eigenvalue weighted by Crippen LogP contribution is 2.28. The SMILES string of the molecule is Cc1ccc([N+](=O)[O-])cc1S(=O)(=O)N1CCN(CC(=O)Nc2ccccc2-c2ccccc2)CC1. The molecule has 1 aliphatic rings. The molecule has 1 amide bonds. The molecule has 0 atom stereocenters. The minimum atomic E-state index is -3.88. The number of sulfonamides is 1. The molecule has 1 aliphatic heterocycles. The van der Waals surface area contributed by atoms with Crippen molar-refractivity contribution in [2.75, 3.05) is 38.0 Å². The van der Waals surface area contributed by atoms with Crippen molar-refractivity contribution in [2.45, 2.75) is 11.8 Å². The summed E-state index contributed by atoms with van der Waals surface area (Å²) in [6, 6.07) is 21.2. The number of piperazine rings is 1. The predicted octanol–water partition coefficient (Wildman–Crippen LogP) is 3.52. The van der Waals surface area contributed by atoms with Crippen LogP contribution >= 0.6 is 0 Å². The number of non-ortho nitro benzene ring substituents is 1. The van der Waals surface area contributed by atoms with Gasteiger partial charge in [-0.1, -0.05) is 54.6 Å². The molecule has 3 aromatic rings. The maximum absolute atomic E-state index is 13.1. The van der Waals surface area contributed by atoms with Gasteiger partial charge in [-0.3, -0.25) is 19.8 Å². The van der Waals surface area contributed by atoms with Gasteiger partial charge in [-0.25, -0.2) is 8.42 Å². The molecule has 182 valence electrons. The standard InChI is InChI=1S/C25H26N4O5S/c1-19-11-12-21(29(31)32)17-24(19)35(33,34)28-15-13-27(14-16-28)18-25(30)26-23-10-6-5-9-22(23)20-7-3-2-4-8-20/h2-12,17H,13-16,18H2,1H3,(H,26,30). The number of amides is 1. The zero-order chi connectivity index (χ0) is 25.0. The quantitative estimate of drug-likeness (QED) is 0.397. The fourth-order valence-electron chi connectivity index (χ4n) is 4.10. The number of nitrogens with zero attached hydrogens (tertiary/aromatic N) is 3. The Morgan fingerprint density at radius 1 is 0.971 bits per heavy atom. The topological polar surface area (TPSA) is 113 Å². The fraction of sp³-hybridized carbons (Fsp3) is 0.240. The average Bonchev–Trinajstić information content (AvgIpc) is 2.85. The highest BCUT2D eigenvalue weighted by atomic mass is 32.2. The van der Waals surface area contributed by atoms with E-state index in [0.717, 1.165) is 17.2 Å². The van der Waals surface area contributed by atoms with Gasteiger partial charge in [0.05, 0.1) is 16.4 Å². The molecule has 0 radical (unpaired) electrons. The third kappa shape index (κ3) is 5.56.